The van der Waals surface area contributed by atoms with Crippen molar-refractivity contribution in [1.29, 1.82) is 0 Å². The molecular weight excluding hydrogens is 274 g/mol. The number of ether oxygens (including phenoxy) is 1. The van der Waals surface area contributed by atoms with Crippen molar-refractivity contribution in [3.63, 3.8) is 0 Å². The van der Waals surface area contributed by atoms with Crippen LogP contribution in [0.4, 0.5) is 8.78 Å². The van der Waals surface area contributed by atoms with E-state index in [1.54, 1.807) is 18.2 Å². The van der Waals surface area contributed by atoms with Crippen LogP contribution in [0.15, 0.2) is 42.5 Å². The number of rotatable bonds is 6. The average Bonchev–Trinajstić information content (AvgIpc) is 2.49. The monoisotopic (exact) mass is 292 g/mol. The van der Waals surface area contributed by atoms with Crippen molar-refractivity contribution < 1.29 is 18.6 Å². The van der Waals surface area contributed by atoms with Crippen LogP contribution >= 0.6 is 0 Å². The van der Waals surface area contributed by atoms with Crippen LogP contribution in [-0.2, 0) is 6.42 Å². The first kappa shape index (κ1) is 15.4. The molecule has 0 bridgehead atoms. The van der Waals surface area contributed by atoms with Crippen molar-refractivity contribution in [3.8, 4) is 5.75 Å². The van der Waals surface area contributed by atoms with E-state index in [9.17, 15) is 13.9 Å². The molecule has 0 aliphatic carbocycles. The first-order valence-corrected chi connectivity index (χ1v) is 6.95. The lowest BCUT2D eigenvalue weighted by molar-refractivity contribution is 0.177. The van der Waals surface area contributed by atoms with Crippen LogP contribution in [0.2, 0.25) is 0 Å². The van der Waals surface area contributed by atoms with E-state index in [0.29, 0.717) is 23.5 Å². The predicted molar refractivity (Wildman–Crippen MR) is 77.2 cm³/mol. The Kier molecular flexibility index (Phi) is 5.28. The molecule has 1 unspecified atom stereocenters. The van der Waals surface area contributed by atoms with Gasteiger partial charge in [-0.15, -0.1) is 0 Å². The number of hydrogen-bond donors (Lipinski definition) is 1. The molecule has 0 amide bonds. The summed E-state index contributed by atoms with van der Waals surface area (Å²) < 4.78 is 31.5. The van der Waals surface area contributed by atoms with Crippen LogP contribution in [0.25, 0.3) is 0 Å². The van der Waals surface area contributed by atoms with Gasteiger partial charge < -0.3 is 9.84 Å². The highest BCUT2D eigenvalue weighted by Crippen LogP contribution is 2.23. The van der Waals surface area contributed by atoms with Gasteiger partial charge >= 0.3 is 0 Å². The van der Waals surface area contributed by atoms with Crippen molar-refractivity contribution in [3.05, 3.63) is 65.2 Å². The summed E-state index contributed by atoms with van der Waals surface area (Å²) in [7, 11) is 0. The van der Waals surface area contributed by atoms with Gasteiger partial charge in [-0.05, 0) is 41.8 Å². The van der Waals surface area contributed by atoms with Gasteiger partial charge in [-0.2, -0.15) is 0 Å². The maximum atomic E-state index is 13.2. The van der Waals surface area contributed by atoms with Crippen LogP contribution in [0.3, 0.4) is 0 Å². The molecule has 2 rings (SSSR count). The van der Waals surface area contributed by atoms with Crippen LogP contribution in [0.5, 0.6) is 5.75 Å². The summed E-state index contributed by atoms with van der Waals surface area (Å²) in [6.07, 6.45) is 0.329. The minimum Gasteiger partial charge on any atom is -0.494 e. The molecule has 0 saturated carbocycles. The molecule has 0 radical (unpaired) electrons. The zero-order valence-corrected chi connectivity index (χ0v) is 11.9. The molecule has 0 aliphatic rings. The van der Waals surface area contributed by atoms with Crippen molar-refractivity contribution in [2.45, 2.75) is 25.9 Å². The van der Waals surface area contributed by atoms with Gasteiger partial charge in [-0.25, -0.2) is 8.78 Å². The fraction of sp³-hybridized carbons (Fsp3) is 0.294. The highest BCUT2D eigenvalue weighted by molar-refractivity contribution is 5.31. The molecule has 0 heterocycles. The van der Waals surface area contributed by atoms with Crippen molar-refractivity contribution in [1.82, 2.24) is 0 Å². The molecule has 2 aromatic carbocycles. The molecule has 2 nitrogen and oxygen atoms in total. The molecule has 0 saturated heterocycles. The smallest absolute Gasteiger partial charge is 0.159 e. The molecule has 1 N–H and O–H groups in total. The molecule has 4 heteroatoms. The number of benzene rings is 2. The van der Waals surface area contributed by atoms with Gasteiger partial charge in [-0.3, -0.25) is 0 Å². The van der Waals surface area contributed by atoms with Crippen LogP contribution in [0, 0.1) is 11.6 Å². The number of aliphatic hydroxyl groups is 1. The predicted octanol–water partition coefficient (Wildman–Crippen LogP) is 4.03. The molecule has 0 spiro atoms. The second-order valence-corrected chi connectivity index (χ2v) is 4.89. The third-order valence-corrected chi connectivity index (χ3v) is 3.13. The molecule has 0 aromatic heterocycles. The summed E-state index contributed by atoms with van der Waals surface area (Å²) in [4.78, 5) is 0. The molecular formula is C17H18F2O2. The summed E-state index contributed by atoms with van der Waals surface area (Å²) in [5.74, 6) is -1.10. The summed E-state index contributed by atoms with van der Waals surface area (Å²) in [6, 6.07) is 10.8. The SMILES string of the molecule is CCCOc1cccc(C(O)Cc2ccc(F)c(F)c2)c1. The Balaban J connectivity index is 2.08. The van der Waals surface area contributed by atoms with E-state index >= 15 is 0 Å². The zero-order chi connectivity index (χ0) is 15.2. The largest absolute Gasteiger partial charge is 0.494 e. The molecule has 112 valence electrons. The van der Waals surface area contributed by atoms with Crippen LogP contribution < -0.4 is 4.74 Å². The molecule has 0 aliphatic heterocycles. The van der Waals surface area contributed by atoms with E-state index in [4.69, 9.17) is 4.74 Å². The van der Waals surface area contributed by atoms with Crippen molar-refractivity contribution in [2.75, 3.05) is 6.61 Å². The van der Waals surface area contributed by atoms with E-state index < -0.39 is 17.7 Å². The molecule has 1 atom stereocenters. The second-order valence-electron chi connectivity index (χ2n) is 4.89. The Bertz CT molecular complexity index is 599. The fourth-order valence-electron chi connectivity index (χ4n) is 2.04. The Morgan fingerprint density at radius 1 is 1.10 bits per heavy atom. The van der Waals surface area contributed by atoms with E-state index in [2.05, 4.69) is 0 Å². The lowest BCUT2D eigenvalue weighted by Crippen LogP contribution is -2.03. The van der Waals surface area contributed by atoms with Gasteiger partial charge in [0.25, 0.3) is 0 Å². The number of hydrogen-bond acceptors (Lipinski definition) is 2. The maximum Gasteiger partial charge on any atom is 0.159 e. The van der Waals surface area contributed by atoms with Crippen LogP contribution in [-0.4, -0.2) is 11.7 Å². The van der Waals surface area contributed by atoms with Gasteiger partial charge in [0.2, 0.25) is 0 Å². The summed E-state index contributed by atoms with van der Waals surface area (Å²) in [5, 5.41) is 10.2. The van der Waals surface area contributed by atoms with Gasteiger partial charge in [0.1, 0.15) is 5.75 Å². The van der Waals surface area contributed by atoms with E-state index in [0.717, 1.165) is 18.6 Å². The van der Waals surface area contributed by atoms with Gasteiger partial charge in [0.05, 0.1) is 12.7 Å². The second kappa shape index (κ2) is 7.18. The standard InChI is InChI=1S/C17H18F2O2/c1-2-8-21-14-5-3-4-13(11-14)17(20)10-12-6-7-15(18)16(19)9-12/h3-7,9,11,17,20H,2,8,10H2,1H3. The zero-order valence-electron chi connectivity index (χ0n) is 11.9. The van der Waals surface area contributed by atoms with Crippen molar-refractivity contribution >= 4 is 0 Å². The topological polar surface area (TPSA) is 29.5 Å². The van der Waals surface area contributed by atoms with Crippen molar-refractivity contribution in [2.24, 2.45) is 0 Å². The molecule has 2 aromatic rings. The highest BCUT2D eigenvalue weighted by Gasteiger charge is 2.11. The van der Waals surface area contributed by atoms with E-state index in [1.807, 2.05) is 13.0 Å². The van der Waals surface area contributed by atoms with Gasteiger partial charge in [0.15, 0.2) is 11.6 Å². The maximum absolute atomic E-state index is 13.2. The van der Waals surface area contributed by atoms with E-state index in [-0.39, 0.29) is 6.42 Å². The Hall–Kier alpha value is -1.94. The number of aliphatic hydroxyl groups excluding tert-OH is 1. The quantitative estimate of drug-likeness (QED) is 0.871. The summed E-state index contributed by atoms with van der Waals surface area (Å²) >= 11 is 0. The Morgan fingerprint density at radius 2 is 1.90 bits per heavy atom. The van der Waals surface area contributed by atoms with E-state index in [1.165, 1.54) is 6.07 Å². The van der Waals surface area contributed by atoms with Crippen LogP contribution in [0.1, 0.15) is 30.6 Å². The third-order valence-electron chi connectivity index (χ3n) is 3.13. The molecule has 0 fully saturated rings. The average molecular weight is 292 g/mol. The number of halogens is 2. The third kappa shape index (κ3) is 4.26. The minimum atomic E-state index is -0.903. The molecule has 21 heavy (non-hydrogen) atoms. The first-order chi connectivity index (χ1) is 10.1. The Morgan fingerprint density at radius 3 is 2.62 bits per heavy atom. The minimum absolute atomic E-state index is 0.217. The highest BCUT2D eigenvalue weighted by atomic mass is 19.2. The fourth-order valence-corrected chi connectivity index (χ4v) is 2.04. The van der Waals surface area contributed by atoms with Gasteiger partial charge in [-0.1, -0.05) is 25.1 Å². The van der Waals surface area contributed by atoms with Gasteiger partial charge in [0, 0.05) is 6.42 Å². The lowest BCUT2D eigenvalue weighted by atomic mass is 10.0. The first-order valence-electron chi connectivity index (χ1n) is 6.95. The summed E-state index contributed by atoms with van der Waals surface area (Å²) in [5.41, 5.74) is 1.23. The normalized spacial score (nSPS) is 12.2. The summed E-state index contributed by atoms with van der Waals surface area (Å²) in [6.45, 7) is 2.63. The Labute approximate surface area is 123 Å². The lowest BCUT2D eigenvalue weighted by Gasteiger charge is -2.13.